The number of benzene rings is 7. The Morgan fingerprint density at radius 2 is 0.984 bits per heavy atom. The first-order valence-electron chi connectivity index (χ1n) is 22.1. The fraction of sp³-hybridized carbons (Fsp3) is 0.0678. The van der Waals surface area contributed by atoms with Gasteiger partial charge in [0.05, 0.1) is 16.6 Å². The highest BCUT2D eigenvalue weighted by molar-refractivity contribution is 6.12. The average molecular weight is 807 g/mol. The molecular weight excluding hydrogens is 765 g/mol. The highest BCUT2D eigenvalue weighted by Gasteiger charge is 2.27. The summed E-state index contributed by atoms with van der Waals surface area (Å²) >= 11 is 0. The SMILES string of the molecule is C1=C(c2ccccc2-c2ccccc2)CCc2c1c1cc3c(cc1n2-c1ccccn1)-c1cc2c(cc1CC3)c1cc(-c3ccccc3-c3ccccc3)ccc1n2-n1cccc1. The monoisotopic (exact) mass is 806 g/mol. The largest absolute Gasteiger partial charge is 0.298 e. The van der Waals surface area contributed by atoms with E-state index in [1.54, 1.807) is 0 Å². The predicted octanol–water partition coefficient (Wildman–Crippen LogP) is 14.5. The van der Waals surface area contributed by atoms with E-state index in [1.165, 1.54) is 111 Å². The van der Waals surface area contributed by atoms with Crippen LogP contribution in [0, 0.1) is 0 Å². The Hall–Kier alpha value is -7.95. The molecule has 7 aromatic carbocycles. The second kappa shape index (κ2) is 14.3. The summed E-state index contributed by atoms with van der Waals surface area (Å²) in [7, 11) is 0. The summed E-state index contributed by atoms with van der Waals surface area (Å²) in [6.45, 7) is 0. The maximum absolute atomic E-state index is 4.96. The highest BCUT2D eigenvalue weighted by atomic mass is 15.4. The van der Waals surface area contributed by atoms with E-state index in [4.69, 9.17) is 4.98 Å². The number of rotatable bonds is 6. The number of hydrogen-bond acceptors (Lipinski definition) is 1. The number of aromatic nitrogens is 4. The lowest BCUT2D eigenvalue weighted by Gasteiger charge is -2.21. The minimum Gasteiger partial charge on any atom is -0.298 e. The second-order valence-electron chi connectivity index (χ2n) is 17.0. The maximum atomic E-state index is 4.96. The fourth-order valence-electron chi connectivity index (χ4n) is 10.7. The van der Waals surface area contributed by atoms with E-state index in [0.29, 0.717) is 0 Å². The van der Waals surface area contributed by atoms with Crippen LogP contribution in [-0.4, -0.2) is 18.9 Å². The van der Waals surface area contributed by atoms with Gasteiger partial charge in [-0.15, -0.1) is 0 Å². The molecule has 0 atom stereocenters. The third-order valence-electron chi connectivity index (χ3n) is 13.6. The molecule has 13 rings (SSSR count). The van der Waals surface area contributed by atoms with Crippen LogP contribution in [0.15, 0.2) is 201 Å². The molecule has 0 radical (unpaired) electrons. The summed E-state index contributed by atoms with van der Waals surface area (Å²) in [4.78, 5) is 4.96. The standard InChI is InChI=1S/C59H42N4/c1-3-15-39(16-4-1)45-19-7-9-21-47(45)41-26-28-55-51(33-41)53-35-43-24-25-44-36-54-52-34-42(48-22-10-8-20-46(48)40-17-5-2-6-18-40)27-29-56(52)63(61-31-13-14-32-61)58(54)38-50(44)49(43)37-57(53)62(55)59-23-11-12-30-60-59/h1-23,27,29-38H,24-26,28H2. The molecule has 4 nitrogen and oxygen atoms in total. The minimum atomic E-state index is 0.937. The molecule has 0 unspecified atom stereocenters. The molecule has 0 saturated carbocycles. The van der Waals surface area contributed by atoms with Crippen molar-refractivity contribution in [2.45, 2.75) is 25.7 Å². The molecule has 0 amide bonds. The van der Waals surface area contributed by atoms with Crippen molar-refractivity contribution < 1.29 is 0 Å². The second-order valence-corrected chi connectivity index (χ2v) is 17.0. The molecule has 0 fully saturated rings. The molecule has 11 aromatic rings. The zero-order valence-corrected chi connectivity index (χ0v) is 34.7. The van der Waals surface area contributed by atoms with Gasteiger partial charge in [-0.3, -0.25) is 9.24 Å². The first-order valence-corrected chi connectivity index (χ1v) is 22.1. The first kappa shape index (κ1) is 35.8. The van der Waals surface area contributed by atoms with Crippen LogP contribution < -0.4 is 0 Å². The Balaban J connectivity index is 1.01. The topological polar surface area (TPSA) is 27.7 Å². The summed E-state index contributed by atoms with van der Waals surface area (Å²) < 4.78 is 7.06. The Labute approximate surface area is 366 Å². The molecule has 63 heavy (non-hydrogen) atoms. The fourth-order valence-corrected chi connectivity index (χ4v) is 10.7. The van der Waals surface area contributed by atoms with Crippen molar-refractivity contribution in [2.75, 3.05) is 0 Å². The Morgan fingerprint density at radius 3 is 1.67 bits per heavy atom. The summed E-state index contributed by atoms with van der Waals surface area (Å²) in [5, 5.41) is 3.84. The van der Waals surface area contributed by atoms with Crippen LogP contribution in [0.5, 0.6) is 0 Å². The molecule has 0 bridgehead atoms. The van der Waals surface area contributed by atoms with Gasteiger partial charge in [0, 0.05) is 46.0 Å². The number of nitrogens with zero attached hydrogens (tertiary/aromatic N) is 4. The number of pyridine rings is 1. The summed E-state index contributed by atoms with van der Waals surface area (Å²) in [6.07, 6.45) is 12.6. The third kappa shape index (κ3) is 5.72. The number of fused-ring (bicyclic) bond motifs is 9. The summed E-state index contributed by atoms with van der Waals surface area (Å²) in [6, 6.07) is 66.7. The molecule has 0 spiro atoms. The molecular formula is C59H42N4. The molecule has 0 aliphatic heterocycles. The summed E-state index contributed by atoms with van der Waals surface area (Å²) in [5.41, 5.74) is 21.9. The van der Waals surface area contributed by atoms with Gasteiger partial charge in [0.2, 0.25) is 0 Å². The van der Waals surface area contributed by atoms with Gasteiger partial charge >= 0.3 is 0 Å². The smallest absolute Gasteiger partial charge is 0.137 e. The molecule has 0 saturated heterocycles. The van der Waals surface area contributed by atoms with E-state index < -0.39 is 0 Å². The predicted molar refractivity (Wildman–Crippen MR) is 261 cm³/mol. The van der Waals surface area contributed by atoms with Crippen LogP contribution in [0.4, 0.5) is 0 Å². The van der Waals surface area contributed by atoms with Crippen molar-refractivity contribution in [1.82, 2.24) is 18.9 Å². The molecule has 2 aliphatic carbocycles. The van der Waals surface area contributed by atoms with Crippen molar-refractivity contribution in [3.8, 4) is 50.3 Å². The lowest BCUT2D eigenvalue weighted by molar-refractivity contribution is 0.718. The molecule has 298 valence electrons. The molecule has 2 aliphatic rings. The van der Waals surface area contributed by atoms with Crippen LogP contribution in [0.1, 0.15) is 34.4 Å². The number of allylic oxidation sites excluding steroid dienone is 1. The zero-order valence-electron chi connectivity index (χ0n) is 34.7. The highest BCUT2D eigenvalue weighted by Crippen LogP contribution is 2.46. The van der Waals surface area contributed by atoms with Gasteiger partial charge in [0.25, 0.3) is 0 Å². The van der Waals surface area contributed by atoms with Crippen molar-refractivity contribution in [2.24, 2.45) is 0 Å². The molecule has 0 N–H and O–H groups in total. The zero-order chi connectivity index (χ0) is 41.4. The van der Waals surface area contributed by atoms with Crippen molar-refractivity contribution >= 4 is 44.4 Å². The normalized spacial score (nSPS) is 13.2. The van der Waals surface area contributed by atoms with E-state index in [9.17, 15) is 0 Å². The first-order chi connectivity index (χ1) is 31.2. The lowest BCUT2D eigenvalue weighted by Crippen LogP contribution is -2.08. The number of hydrogen-bond donors (Lipinski definition) is 0. The van der Waals surface area contributed by atoms with E-state index in [1.807, 2.05) is 12.3 Å². The van der Waals surface area contributed by atoms with Gasteiger partial charge in [0.1, 0.15) is 5.82 Å². The maximum Gasteiger partial charge on any atom is 0.137 e. The molecule has 4 aromatic heterocycles. The minimum absolute atomic E-state index is 0.937. The summed E-state index contributed by atoms with van der Waals surface area (Å²) in [5.74, 6) is 0.967. The van der Waals surface area contributed by atoms with Crippen molar-refractivity contribution in [3.05, 3.63) is 229 Å². The van der Waals surface area contributed by atoms with Gasteiger partial charge in [-0.1, -0.05) is 121 Å². The lowest BCUT2D eigenvalue weighted by atomic mass is 9.83. The number of aryl methyl sites for hydroxylation is 2. The van der Waals surface area contributed by atoms with Crippen LogP contribution in [0.2, 0.25) is 0 Å². The van der Waals surface area contributed by atoms with Gasteiger partial charge in [-0.25, -0.2) is 9.66 Å². The molecule has 4 heteroatoms. The van der Waals surface area contributed by atoms with Gasteiger partial charge in [0.15, 0.2) is 0 Å². The third-order valence-corrected chi connectivity index (χ3v) is 13.6. The van der Waals surface area contributed by atoms with Crippen molar-refractivity contribution in [1.29, 1.82) is 0 Å². The van der Waals surface area contributed by atoms with Gasteiger partial charge in [-0.05, 0) is 159 Å². The quantitative estimate of drug-likeness (QED) is 0.164. The van der Waals surface area contributed by atoms with Crippen LogP contribution >= 0.6 is 0 Å². The van der Waals surface area contributed by atoms with E-state index >= 15 is 0 Å². The Bertz CT molecular complexity index is 3590. The Morgan fingerprint density at radius 1 is 0.397 bits per heavy atom. The molecule has 4 heterocycles. The van der Waals surface area contributed by atoms with Gasteiger partial charge < -0.3 is 0 Å². The van der Waals surface area contributed by atoms with E-state index in [0.717, 1.165) is 31.5 Å². The van der Waals surface area contributed by atoms with E-state index in [2.05, 4.69) is 208 Å². The van der Waals surface area contributed by atoms with Crippen molar-refractivity contribution in [3.63, 3.8) is 0 Å². The van der Waals surface area contributed by atoms with E-state index in [-0.39, 0.29) is 0 Å². The average Bonchev–Trinajstić information content (AvgIpc) is 4.08. The Kier molecular flexibility index (Phi) is 8.13. The van der Waals surface area contributed by atoms with Crippen LogP contribution in [0.25, 0.3) is 94.7 Å². The van der Waals surface area contributed by atoms with Gasteiger partial charge in [-0.2, -0.15) is 0 Å². The van der Waals surface area contributed by atoms with Crippen LogP contribution in [-0.2, 0) is 19.3 Å². The van der Waals surface area contributed by atoms with Crippen LogP contribution in [0.3, 0.4) is 0 Å².